The Labute approximate surface area is 203 Å². The van der Waals surface area contributed by atoms with E-state index in [1.807, 2.05) is 6.08 Å². The fourth-order valence-electron chi connectivity index (χ4n) is 3.86. The van der Waals surface area contributed by atoms with E-state index in [2.05, 4.69) is 0 Å². The Morgan fingerprint density at radius 3 is 1.83 bits per heavy atom. The number of hydrogen-bond donors (Lipinski definition) is 4. The summed E-state index contributed by atoms with van der Waals surface area (Å²) >= 11 is 0. The van der Waals surface area contributed by atoms with E-state index in [4.69, 9.17) is 9.47 Å². The van der Waals surface area contributed by atoms with Gasteiger partial charge in [0.05, 0.1) is 22.3 Å². The maximum Gasteiger partial charge on any atom is 0.336 e. The molecule has 0 heterocycles. The van der Waals surface area contributed by atoms with Crippen LogP contribution in [0.15, 0.2) is 60.7 Å². The molecule has 10 heteroatoms. The van der Waals surface area contributed by atoms with Crippen molar-refractivity contribution in [2.75, 3.05) is 0 Å². The van der Waals surface area contributed by atoms with Gasteiger partial charge in [-0.3, -0.25) is 0 Å². The first-order valence-electron chi connectivity index (χ1n) is 10.5. The molecule has 4 rings (SSSR count). The largest absolute Gasteiger partial charge is 0.485 e. The lowest BCUT2D eigenvalue weighted by Crippen LogP contribution is -2.13. The van der Waals surface area contributed by atoms with E-state index < -0.39 is 41.1 Å². The number of ether oxygens (including phenoxy) is 2. The molecule has 182 valence electrons. The zero-order valence-electron chi connectivity index (χ0n) is 18.4. The Hall–Kier alpha value is -5.12. The van der Waals surface area contributed by atoms with Crippen LogP contribution in [0.3, 0.4) is 0 Å². The maximum absolute atomic E-state index is 11.5. The van der Waals surface area contributed by atoms with Crippen LogP contribution in [0.25, 0.3) is 6.08 Å². The highest BCUT2D eigenvalue weighted by Gasteiger charge is 2.24. The van der Waals surface area contributed by atoms with Gasteiger partial charge in [0.2, 0.25) is 0 Å². The van der Waals surface area contributed by atoms with E-state index in [1.165, 1.54) is 18.2 Å². The van der Waals surface area contributed by atoms with Gasteiger partial charge in [-0.1, -0.05) is 24.3 Å². The van der Waals surface area contributed by atoms with Crippen molar-refractivity contribution in [1.82, 2.24) is 0 Å². The fourth-order valence-corrected chi connectivity index (χ4v) is 3.86. The topological polar surface area (TPSA) is 168 Å². The molecule has 0 aliphatic heterocycles. The van der Waals surface area contributed by atoms with Gasteiger partial charge in [0, 0.05) is 17.5 Å². The van der Waals surface area contributed by atoms with Gasteiger partial charge in [0.1, 0.15) is 23.4 Å². The highest BCUT2D eigenvalue weighted by atomic mass is 16.5. The normalized spacial score (nSPS) is 13.9. The average Bonchev–Trinajstić information content (AvgIpc) is 2.84. The van der Waals surface area contributed by atoms with Crippen LogP contribution >= 0.6 is 0 Å². The first kappa shape index (κ1) is 24.0. The third-order valence-electron chi connectivity index (χ3n) is 5.49. The van der Waals surface area contributed by atoms with Crippen molar-refractivity contribution >= 4 is 30.0 Å². The summed E-state index contributed by atoms with van der Waals surface area (Å²) in [6, 6.07) is 12.5. The minimum absolute atomic E-state index is 0.123. The molecule has 0 aromatic heterocycles. The minimum atomic E-state index is -1.41. The molecule has 1 aliphatic carbocycles. The summed E-state index contributed by atoms with van der Waals surface area (Å²) in [5.74, 6) is -4.88. The molecule has 4 N–H and O–H groups in total. The highest BCUT2D eigenvalue weighted by molar-refractivity contribution is 6.02. The monoisotopic (exact) mass is 490 g/mol. The molecule has 0 spiro atoms. The van der Waals surface area contributed by atoms with Crippen LogP contribution < -0.4 is 9.47 Å². The summed E-state index contributed by atoms with van der Waals surface area (Å²) in [4.78, 5) is 45.6. The van der Waals surface area contributed by atoms with Crippen LogP contribution in [-0.4, -0.2) is 44.3 Å². The molecule has 1 atom stereocenters. The molecule has 1 unspecified atom stereocenters. The number of aromatic carboxylic acids is 4. The number of carboxylic acid groups (broad SMARTS) is 4. The van der Waals surface area contributed by atoms with Crippen molar-refractivity contribution in [1.29, 1.82) is 0 Å². The summed E-state index contributed by atoms with van der Waals surface area (Å²) in [5.41, 5.74) is -0.205. The van der Waals surface area contributed by atoms with Gasteiger partial charge in [-0.15, -0.1) is 0 Å². The lowest BCUT2D eigenvalue weighted by Gasteiger charge is -2.25. The predicted octanol–water partition coefficient (Wildman–Crippen LogP) is 4.81. The van der Waals surface area contributed by atoms with Gasteiger partial charge in [-0.2, -0.15) is 0 Å². The lowest BCUT2D eigenvalue weighted by molar-refractivity contribution is 0.0651. The van der Waals surface area contributed by atoms with Crippen LogP contribution in [0, 0.1) is 0 Å². The van der Waals surface area contributed by atoms with Crippen molar-refractivity contribution in [3.05, 3.63) is 94.1 Å². The Morgan fingerprint density at radius 2 is 1.25 bits per heavy atom. The van der Waals surface area contributed by atoms with E-state index >= 15 is 0 Å². The van der Waals surface area contributed by atoms with Crippen LogP contribution in [0.4, 0.5) is 0 Å². The van der Waals surface area contributed by atoms with Crippen molar-refractivity contribution in [2.45, 2.75) is 12.5 Å². The van der Waals surface area contributed by atoms with Gasteiger partial charge in [-0.05, 0) is 42.5 Å². The first-order chi connectivity index (χ1) is 17.2. The third-order valence-corrected chi connectivity index (χ3v) is 5.49. The molecule has 0 saturated carbocycles. The molecule has 0 bridgehead atoms. The molecule has 10 nitrogen and oxygen atoms in total. The van der Waals surface area contributed by atoms with Crippen molar-refractivity contribution in [2.24, 2.45) is 0 Å². The summed E-state index contributed by atoms with van der Waals surface area (Å²) in [6.45, 7) is 0. The molecule has 0 fully saturated rings. The van der Waals surface area contributed by atoms with E-state index in [-0.39, 0.29) is 22.6 Å². The highest BCUT2D eigenvalue weighted by Crippen LogP contribution is 2.39. The standard InChI is InChI=1S/C26H18O10/c27-23(28)17-9-7-13(11-19(17)25(31)32)35-21-5-1-3-15-16(21)4-2-6-22(15)36-14-8-10-18(24(29)30)20(12-14)26(33)34/h1-5,7-12,22H,6H2,(H,27,28)(H,29,30)(H,31,32)(H,33,34). The van der Waals surface area contributed by atoms with E-state index in [0.29, 0.717) is 23.3 Å². The second kappa shape index (κ2) is 9.63. The predicted molar refractivity (Wildman–Crippen MR) is 124 cm³/mol. The number of benzene rings is 3. The molecule has 0 radical (unpaired) electrons. The third kappa shape index (κ3) is 4.73. The number of rotatable bonds is 8. The number of carboxylic acids is 4. The van der Waals surface area contributed by atoms with Crippen molar-refractivity contribution < 1.29 is 49.1 Å². The SMILES string of the molecule is O=C(O)c1ccc(Oc2cccc3c2C=CCC3Oc2ccc(C(=O)O)c(C(=O)O)c2)cc1C(=O)O. The van der Waals surface area contributed by atoms with Crippen molar-refractivity contribution in [3.8, 4) is 17.2 Å². The van der Waals surface area contributed by atoms with E-state index in [1.54, 1.807) is 24.3 Å². The molecular weight excluding hydrogens is 472 g/mol. The molecular formula is C26H18O10. The zero-order chi connectivity index (χ0) is 26.0. The second-order valence-electron chi connectivity index (χ2n) is 7.74. The van der Waals surface area contributed by atoms with Gasteiger partial charge < -0.3 is 29.9 Å². The lowest BCUT2D eigenvalue weighted by atomic mass is 9.94. The van der Waals surface area contributed by atoms with E-state index in [9.17, 15) is 39.6 Å². The number of hydrogen-bond acceptors (Lipinski definition) is 6. The van der Waals surface area contributed by atoms with Gasteiger partial charge >= 0.3 is 23.9 Å². The minimum Gasteiger partial charge on any atom is -0.485 e. The first-order valence-corrected chi connectivity index (χ1v) is 10.5. The number of carbonyl (C=O) groups is 4. The molecule has 0 saturated heterocycles. The van der Waals surface area contributed by atoms with Crippen molar-refractivity contribution in [3.63, 3.8) is 0 Å². The smallest absolute Gasteiger partial charge is 0.336 e. The Bertz CT molecular complexity index is 1440. The van der Waals surface area contributed by atoms with Gasteiger partial charge in [0.15, 0.2) is 0 Å². The quantitative estimate of drug-likeness (QED) is 0.344. The fraction of sp³-hybridized carbons (Fsp3) is 0.0769. The van der Waals surface area contributed by atoms with Crippen LogP contribution in [0.5, 0.6) is 17.2 Å². The van der Waals surface area contributed by atoms with E-state index in [0.717, 1.165) is 18.2 Å². The molecule has 3 aromatic carbocycles. The molecule has 0 amide bonds. The van der Waals surface area contributed by atoms with Crippen LogP contribution in [0.1, 0.15) is 65.1 Å². The Kier molecular flexibility index (Phi) is 6.42. The van der Waals surface area contributed by atoms with Gasteiger partial charge in [0.25, 0.3) is 0 Å². The molecule has 36 heavy (non-hydrogen) atoms. The Morgan fingerprint density at radius 1 is 0.694 bits per heavy atom. The van der Waals surface area contributed by atoms with Crippen LogP contribution in [-0.2, 0) is 0 Å². The Balaban J connectivity index is 1.65. The van der Waals surface area contributed by atoms with Gasteiger partial charge in [-0.25, -0.2) is 19.2 Å². The molecule has 3 aromatic rings. The zero-order valence-corrected chi connectivity index (χ0v) is 18.4. The summed E-state index contributed by atoms with van der Waals surface area (Å²) < 4.78 is 11.9. The average molecular weight is 490 g/mol. The van der Waals surface area contributed by atoms with Crippen LogP contribution in [0.2, 0.25) is 0 Å². The summed E-state index contributed by atoms with van der Waals surface area (Å²) in [7, 11) is 0. The summed E-state index contributed by atoms with van der Waals surface area (Å²) in [5, 5.41) is 37.1. The molecule has 1 aliphatic rings. The second-order valence-corrected chi connectivity index (χ2v) is 7.74. The number of fused-ring (bicyclic) bond motifs is 1. The maximum atomic E-state index is 11.5. The summed E-state index contributed by atoms with van der Waals surface area (Å²) in [6.07, 6.45) is 3.51.